The van der Waals surface area contributed by atoms with Crippen LogP contribution in [0.2, 0.25) is 0 Å². The van der Waals surface area contributed by atoms with Crippen molar-refractivity contribution < 1.29 is 9.59 Å². The monoisotopic (exact) mass is 329 g/mol. The van der Waals surface area contributed by atoms with Crippen LogP contribution in [0.15, 0.2) is 30.3 Å². The SMILES string of the molecule is CC(=O)N1C[C@H]2CN(C(=O)NC(C)(C)C)C[C@H]2[C@H]1c1ccccc1. The Morgan fingerprint density at radius 3 is 2.33 bits per heavy atom. The number of carbonyl (C=O) groups excluding carboxylic acids is 2. The van der Waals surface area contributed by atoms with Gasteiger partial charge in [-0.05, 0) is 26.3 Å². The molecule has 2 fully saturated rings. The minimum absolute atomic E-state index is 0.00177. The molecule has 0 saturated carbocycles. The van der Waals surface area contributed by atoms with Crippen LogP contribution in [-0.2, 0) is 4.79 Å². The quantitative estimate of drug-likeness (QED) is 0.861. The fourth-order valence-corrected chi connectivity index (χ4v) is 4.01. The maximum Gasteiger partial charge on any atom is 0.317 e. The van der Waals surface area contributed by atoms with Crippen LogP contribution < -0.4 is 5.32 Å². The fraction of sp³-hybridized carbons (Fsp3) is 0.579. The van der Waals surface area contributed by atoms with Gasteiger partial charge in [0.15, 0.2) is 0 Å². The molecule has 1 N–H and O–H groups in total. The van der Waals surface area contributed by atoms with E-state index in [0.29, 0.717) is 18.4 Å². The molecule has 2 heterocycles. The van der Waals surface area contributed by atoms with E-state index in [4.69, 9.17) is 0 Å². The summed E-state index contributed by atoms with van der Waals surface area (Å²) in [6.45, 7) is 9.78. The zero-order valence-electron chi connectivity index (χ0n) is 15.0. The zero-order chi connectivity index (χ0) is 17.5. The predicted molar refractivity (Wildman–Crippen MR) is 93.4 cm³/mol. The van der Waals surface area contributed by atoms with Gasteiger partial charge in [0, 0.05) is 43.9 Å². The smallest absolute Gasteiger partial charge is 0.317 e. The standard InChI is InChI=1S/C19H27N3O2/c1-13(23)22-11-15-10-21(18(24)20-19(2,3)4)12-16(15)17(22)14-8-6-5-7-9-14/h5-9,15-17H,10-12H2,1-4H3,(H,20,24)/t15-,16-,17-/m1/s1. The van der Waals surface area contributed by atoms with E-state index < -0.39 is 0 Å². The van der Waals surface area contributed by atoms with Gasteiger partial charge in [0.1, 0.15) is 0 Å². The van der Waals surface area contributed by atoms with E-state index in [1.165, 1.54) is 5.56 Å². The van der Waals surface area contributed by atoms with Gasteiger partial charge in [-0.1, -0.05) is 30.3 Å². The molecular formula is C19H27N3O2. The molecule has 0 bridgehead atoms. The number of rotatable bonds is 1. The van der Waals surface area contributed by atoms with Crippen LogP contribution in [0.3, 0.4) is 0 Å². The minimum atomic E-state index is -0.237. The lowest BCUT2D eigenvalue weighted by Gasteiger charge is -2.30. The summed E-state index contributed by atoms with van der Waals surface area (Å²) < 4.78 is 0. The van der Waals surface area contributed by atoms with E-state index in [9.17, 15) is 9.59 Å². The summed E-state index contributed by atoms with van der Waals surface area (Å²) in [7, 11) is 0. The number of nitrogens with zero attached hydrogens (tertiary/aromatic N) is 2. The topological polar surface area (TPSA) is 52.7 Å². The van der Waals surface area contributed by atoms with Crippen molar-refractivity contribution in [3.8, 4) is 0 Å². The summed E-state index contributed by atoms with van der Waals surface area (Å²) in [6.07, 6.45) is 0. The van der Waals surface area contributed by atoms with Crippen molar-refractivity contribution in [1.82, 2.24) is 15.1 Å². The van der Waals surface area contributed by atoms with Crippen LogP contribution in [0.4, 0.5) is 4.79 Å². The van der Waals surface area contributed by atoms with Crippen LogP contribution in [-0.4, -0.2) is 46.9 Å². The van der Waals surface area contributed by atoms with Crippen molar-refractivity contribution >= 4 is 11.9 Å². The molecule has 3 atom stereocenters. The van der Waals surface area contributed by atoms with Crippen LogP contribution >= 0.6 is 0 Å². The lowest BCUT2D eigenvalue weighted by molar-refractivity contribution is -0.130. The highest BCUT2D eigenvalue weighted by Crippen LogP contribution is 2.44. The number of fused-ring (bicyclic) bond motifs is 1. The molecule has 2 aliphatic rings. The van der Waals surface area contributed by atoms with Gasteiger partial charge in [-0.2, -0.15) is 0 Å². The van der Waals surface area contributed by atoms with E-state index in [2.05, 4.69) is 17.4 Å². The van der Waals surface area contributed by atoms with Crippen LogP contribution in [0.25, 0.3) is 0 Å². The van der Waals surface area contributed by atoms with E-state index in [0.717, 1.165) is 13.1 Å². The van der Waals surface area contributed by atoms with Gasteiger partial charge in [0.25, 0.3) is 0 Å². The first-order valence-corrected chi connectivity index (χ1v) is 8.65. The van der Waals surface area contributed by atoms with Crippen molar-refractivity contribution in [1.29, 1.82) is 0 Å². The summed E-state index contributed by atoms with van der Waals surface area (Å²) >= 11 is 0. The largest absolute Gasteiger partial charge is 0.335 e. The molecule has 0 spiro atoms. The Balaban J connectivity index is 1.79. The number of urea groups is 1. The van der Waals surface area contributed by atoms with Gasteiger partial charge in [0.05, 0.1) is 6.04 Å². The van der Waals surface area contributed by atoms with Crippen molar-refractivity contribution in [3.63, 3.8) is 0 Å². The Hall–Kier alpha value is -2.04. The number of hydrogen-bond donors (Lipinski definition) is 1. The van der Waals surface area contributed by atoms with Gasteiger partial charge in [-0.25, -0.2) is 4.79 Å². The normalized spacial score (nSPS) is 26.4. The number of carbonyl (C=O) groups is 2. The molecule has 0 aliphatic carbocycles. The first-order chi connectivity index (χ1) is 11.3. The second kappa shape index (κ2) is 6.11. The summed E-state index contributed by atoms with van der Waals surface area (Å²) in [4.78, 5) is 28.5. The lowest BCUT2D eigenvalue weighted by atomic mass is 9.89. The molecule has 24 heavy (non-hydrogen) atoms. The third kappa shape index (κ3) is 3.25. The van der Waals surface area contributed by atoms with Gasteiger partial charge in [-0.3, -0.25) is 4.79 Å². The van der Waals surface area contributed by atoms with Gasteiger partial charge in [0.2, 0.25) is 5.91 Å². The van der Waals surface area contributed by atoms with Gasteiger partial charge >= 0.3 is 6.03 Å². The Morgan fingerprint density at radius 2 is 1.75 bits per heavy atom. The Morgan fingerprint density at radius 1 is 1.08 bits per heavy atom. The van der Waals surface area contributed by atoms with Gasteiger partial charge in [-0.15, -0.1) is 0 Å². The third-order valence-corrected chi connectivity index (χ3v) is 4.98. The van der Waals surface area contributed by atoms with Crippen LogP contribution in [0, 0.1) is 11.8 Å². The predicted octanol–water partition coefficient (Wildman–Crippen LogP) is 2.65. The highest BCUT2D eigenvalue weighted by atomic mass is 16.2. The molecule has 1 aromatic carbocycles. The van der Waals surface area contributed by atoms with Crippen molar-refractivity contribution in [3.05, 3.63) is 35.9 Å². The average molecular weight is 329 g/mol. The van der Waals surface area contributed by atoms with Crippen molar-refractivity contribution in [2.45, 2.75) is 39.3 Å². The average Bonchev–Trinajstić information content (AvgIpc) is 3.03. The van der Waals surface area contributed by atoms with E-state index in [1.807, 2.05) is 48.8 Å². The molecular weight excluding hydrogens is 302 g/mol. The van der Waals surface area contributed by atoms with E-state index in [-0.39, 0.29) is 23.5 Å². The highest BCUT2D eigenvalue weighted by Gasteiger charge is 2.49. The maximum absolute atomic E-state index is 12.5. The number of amides is 3. The Kier molecular flexibility index (Phi) is 4.28. The maximum atomic E-state index is 12.5. The van der Waals surface area contributed by atoms with Crippen molar-refractivity contribution in [2.75, 3.05) is 19.6 Å². The second-order valence-corrected chi connectivity index (χ2v) is 8.04. The molecule has 130 valence electrons. The van der Waals surface area contributed by atoms with Gasteiger partial charge < -0.3 is 15.1 Å². The molecule has 5 heteroatoms. The fourth-order valence-electron chi connectivity index (χ4n) is 4.01. The number of likely N-dealkylation sites (tertiary alicyclic amines) is 2. The second-order valence-electron chi connectivity index (χ2n) is 8.04. The molecule has 1 aromatic rings. The number of benzene rings is 1. The third-order valence-electron chi connectivity index (χ3n) is 4.98. The summed E-state index contributed by atoms with van der Waals surface area (Å²) in [6, 6.07) is 10.3. The van der Waals surface area contributed by atoms with Crippen molar-refractivity contribution in [2.24, 2.45) is 11.8 Å². The molecule has 3 rings (SSSR count). The summed E-state index contributed by atoms with van der Waals surface area (Å²) in [5.41, 5.74) is 0.928. The zero-order valence-corrected chi connectivity index (χ0v) is 15.0. The molecule has 2 saturated heterocycles. The number of hydrogen-bond acceptors (Lipinski definition) is 2. The van der Waals surface area contributed by atoms with E-state index >= 15 is 0 Å². The molecule has 2 aliphatic heterocycles. The Labute approximate surface area is 144 Å². The minimum Gasteiger partial charge on any atom is -0.335 e. The first kappa shape index (κ1) is 16.8. The highest BCUT2D eigenvalue weighted by molar-refractivity contribution is 5.76. The molecule has 0 unspecified atom stereocenters. The first-order valence-electron chi connectivity index (χ1n) is 8.65. The molecule has 0 aromatic heterocycles. The lowest BCUT2D eigenvalue weighted by Crippen LogP contribution is -2.48. The van der Waals surface area contributed by atoms with E-state index in [1.54, 1.807) is 6.92 Å². The van der Waals surface area contributed by atoms with Crippen LogP contribution in [0.5, 0.6) is 0 Å². The summed E-state index contributed by atoms with van der Waals surface area (Å²) in [5, 5.41) is 3.05. The van der Waals surface area contributed by atoms with Crippen LogP contribution in [0.1, 0.15) is 39.3 Å². The molecule has 3 amide bonds. The number of nitrogens with one attached hydrogen (secondary N) is 1. The Bertz CT molecular complexity index is 623. The molecule has 5 nitrogen and oxygen atoms in total. The summed E-state index contributed by atoms with van der Waals surface area (Å²) in [5.74, 6) is 0.774. The molecule has 0 radical (unpaired) electrons.